The number of hydrogen-bond donors (Lipinski definition) is 1. The van der Waals surface area contributed by atoms with Gasteiger partial charge in [-0.2, -0.15) is 0 Å². The van der Waals surface area contributed by atoms with Crippen LogP contribution in [0.2, 0.25) is 0 Å². The van der Waals surface area contributed by atoms with Crippen LogP contribution in [0.25, 0.3) is 0 Å². The summed E-state index contributed by atoms with van der Waals surface area (Å²) in [6, 6.07) is 0. The quantitative estimate of drug-likeness (QED) is 0.466. The van der Waals surface area contributed by atoms with Gasteiger partial charge in [0.2, 0.25) is 0 Å². The Balaban J connectivity index is 0. The standard InChI is InChI=1S/C5H11NS2.Mo/c1-2-3-4-8-5(6)7;/h2-4H2,1H3,(H2,6,7);. The van der Waals surface area contributed by atoms with Gasteiger partial charge in [0.25, 0.3) is 0 Å². The van der Waals surface area contributed by atoms with E-state index in [9.17, 15) is 0 Å². The molecule has 54 valence electrons. The molecule has 0 aromatic heterocycles. The molecule has 0 atom stereocenters. The molecule has 9 heavy (non-hydrogen) atoms. The largest absolute Gasteiger partial charge is 0.385 e. The van der Waals surface area contributed by atoms with Crippen LogP contribution >= 0.6 is 24.0 Å². The van der Waals surface area contributed by atoms with Gasteiger partial charge in [-0.25, -0.2) is 0 Å². The zero-order chi connectivity index (χ0) is 6.41. The smallest absolute Gasteiger partial charge is 0.131 e. The van der Waals surface area contributed by atoms with Crippen molar-refractivity contribution in [2.24, 2.45) is 5.73 Å². The summed E-state index contributed by atoms with van der Waals surface area (Å²) < 4.78 is 0.568. The molecule has 0 aliphatic heterocycles. The topological polar surface area (TPSA) is 26.0 Å². The Hall–Kier alpha value is 0.928. The Morgan fingerprint density at radius 2 is 2.22 bits per heavy atom. The molecule has 0 saturated heterocycles. The first-order chi connectivity index (χ1) is 3.77. The zero-order valence-electron chi connectivity index (χ0n) is 5.42. The second-order valence-corrected chi connectivity index (χ2v) is 3.36. The van der Waals surface area contributed by atoms with Crippen LogP contribution in [-0.4, -0.2) is 10.1 Å². The van der Waals surface area contributed by atoms with E-state index >= 15 is 0 Å². The maximum Gasteiger partial charge on any atom is 0.131 e. The molecule has 0 saturated carbocycles. The monoisotopic (exact) mass is 247 g/mol. The van der Waals surface area contributed by atoms with Crippen molar-refractivity contribution in [3.05, 3.63) is 0 Å². The fourth-order valence-electron chi connectivity index (χ4n) is 0.317. The van der Waals surface area contributed by atoms with Gasteiger partial charge in [0, 0.05) is 26.8 Å². The summed E-state index contributed by atoms with van der Waals surface area (Å²) in [5.41, 5.74) is 5.23. The van der Waals surface area contributed by atoms with Crippen LogP contribution in [0.1, 0.15) is 19.8 Å². The summed E-state index contributed by atoms with van der Waals surface area (Å²) >= 11 is 6.21. The van der Waals surface area contributed by atoms with E-state index in [-0.39, 0.29) is 21.1 Å². The number of nitrogens with two attached hydrogens (primary N) is 1. The third-order valence-electron chi connectivity index (χ3n) is 0.742. The summed E-state index contributed by atoms with van der Waals surface area (Å²) in [5, 5.41) is 0. The van der Waals surface area contributed by atoms with Crippen LogP contribution in [0.5, 0.6) is 0 Å². The van der Waals surface area contributed by atoms with E-state index in [0.29, 0.717) is 4.32 Å². The predicted molar refractivity (Wildman–Crippen MR) is 44.2 cm³/mol. The Kier molecular flexibility index (Phi) is 12.5. The number of thioether (sulfide) groups is 1. The van der Waals surface area contributed by atoms with Crippen LogP contribution in [0.4, 0.5) is 0 Å². The van der Waals surface area contributed by atoms with Gasteiger partial charge in [0.1, 0.15) is 4.32 Å². The molecule has 0 aromatic carbocycles. The molecule has 0 aliphatic rings. The Labute approximate surface area is 80.4 Å². The second kappa shape index (κ2) is 8.93. The number of thiocarbonyl (C=S) groups is 1. The zero-order valence-corrected chi connectivity index (χ0v) is 9.06. The van der Waals surface area contributed by atoms with Crippen molar-refractivity contribution in [2.75, 3.05) is 5.75 Å². The first-order valence-corrected chi connectivity index (χ1v) is 4.09. The molecule has 0 heterocycles. The van der Waals surface area contributed by atoms with Crippen LogP contribution in [0, 0.1) is 0 Å². The third kappa shape index (κ3) is 12.2. The van der Waals surface area contributed by atoms with Crippen LogP contribution in [0.3, 0.4) is 0 Å². The molecule has 4 heteroatoms. The fraction of sp³-hybridized carbons (Fsp3) is 0.800. The van der Waals surface area contributed by atoms with Gasteiger partial charge in [-0.05, 0) is 6.42 Å². The van der Waals surface area contributed by atoms with E-state index < -0.39 is 0 Å². The summed E-state index contributed by atoms with van der Waals surface area (Å²) in [4.78, 5) is 0. The van der Waals surface area contributed by atoms with E-state index in [1.807, 2.05) is 0 Å². The Morgan fingerprint density at radius 1 is 1.67 bits per heavy atom. The van der Waals surface area contributed by atoms with Crippen molar-refractivity contribution in [1.82, 2.24) is 0 Å². The van der Waals surface area contributed by atoms with Gasteiger partial charge in [0.15, 0.2) is 0 Å². The van der Waals surface area contributed by atoms with Gasteiger partial charge in [-0.1, -0.05) is 37.3 Å². The molecule has 0 aromatic rings. The molecular weight excluding hydrogens is 234 g/mol. The molecule has 0 bridgehead atoms. The molecule has 0 radical (unpaired) electrons. The van der Waals surface area contributed by atoms with Crippen molar-refractivity contribution in [3.63, 3.8) is 0 Å². The Morgan fingerprint density at radius 3 is 2.56 bits per heavy atom. The SMILES string of the molecule is CCCCSC(N)=S.[Mo]. The van der Waals surface area contributed by atoms with Gasteiger partial charge in [-0.3, -0.25) is 0 Å². The number of unbranched alkanes of at least 4 members (excludes halogenated alkanes) is 1. The molecule has 1 nitrogen and oxygen atoms in total. The summed E-state index contributed by atoms with van der Waals surface area (Å²) in [6.45, 7) is 2.15. The minimum atomic E-state index is 0. The molecular formula is C5H11MoNS2. The number of rotatable bonds is 3. The average Bonchev–Trinajstić information content (AvgIpc) is 1.66. The van der Waals surface area contributed by atoms with Gasteiger partial charge in [-0.15, -0.1) is 0 Å². The van der Waals surface area contributed by atoms with Gasteiger partial charge >= 0.3 is 0 Å². The van der Waals surface area contributed by atoms with Crippen LogP contribution in [0.15, 0.2) is 0 Å². The maximum atomic E-state index is 5.23. The number of hydrogen-bond acceptors (Lipinski definition) is 2. The molecule has 0 amide bonds. The van der Waals surface area contributed by atoms with E-state index in [2.05, 4.69) is 19.1 Å². The third-order valence-corrected chi connectivity index (χ3v) is 1.87. The van der Waals surface area contributed by atoms with Crippen molar-refractivity contribution >= 4 is 28.3 Å². The van der Waals surface area contributed by atoms with Crippen LogP contribution < -0.4 is 5.73 Å². The molecule has 2 N–H and O–H groups in total. The van der Waals surface area contributed by atoms with E-state index in [4.69, 9.17) is 5.73 Å². The van der Waals surface area contributed by atoms with E-state index in [0.717, 1.165) is 5.75 Å². The molecule has 0 aliphatic carbocycles. The van der Waals surface area contributed by atoms with Crippen molar-refractivity contribution in [2.45, 2.75) is 19.8 Å². The van der Waals surface area contributed by atoms with Crippen molar-refractivity contribution < 1.29 is 21.1 Å². The van der Waals surface area contributed by atoms with Gasteiger partial charge < -0.3 is 5.73 Å². The first-order valence-electron chi connectivity index (χ1n) is 2.69. The summed E-state index contributed by atoms with van der Waals surface area (Å²) in [5.74, 6) is 1.08. The minimum absolute atomic E-state index is 0. The fourth-order valence-corrected chi connectivity index (χ4v) is 1.20. The molecule has 0 fully saturated rings. The molecule has 0 rings (SSSR count). The van der Waals surface area contributed by atoms with E-state index in [1.54, 1.807) is 11.8 Å². The van der Waals surface area contributed by atoms with Crippen LogP contribution in [-0.2, 0) is 21.1 Å². The van der Waals surface area contributed by atoms with Gasteiger partial charge in [0.05, 0.1) is 0 Å². The van der Waals surface area contributed by atoms with Crippen molar-refractivity contribution in [1.29, 1.82) is 0 Å². The predicted octanol–water partition coefficient (Wildman–Crippen LogP) is 1.76. The average molecular weight is 245 g/mol. The van der Waals surface area contributed by atoms with Crippen molar-refractivity contribution in [3.8, 4) is 0 Å². The molecule has 0 unspecified atom stereocenters. The summed E-state index contributed by atoms with van der Waals surface area (Å²) in [6.07, 6.45) is 2.43. The molecule has 0 spiro atoms. The minimum Gasteiger partial charge on any atom is -0.385 e. The second-order valence-electron chi connectivity index (χ2n) is 1.52. The summed E-state index contributed by atoms with van der Waals surface area (Å²) in [7, 11) is 0. The normalized spacial score (nSPS) is 8.11. The van der Waals surface area contributed by atoms with E-state index in [1.165, 1.54) is 12.8 Å². The first kappa shape index (κ1) is 12.6. The Bertz CT molecular complexity index is 77.4. The maximum absolute atomic E-state index is 5.23.